The van der Waals surface area contributed by atoms with Crippen LogP contribution in [-0.2, 0) is 14.3 Å². The highest BCUT2D eigenvalue weighted by molar-refractivity contribution is 7.12. The quantitative estimate of drug-likeness (QED) is 0.420. The van der Waals surface area contributed by atoms with Crippen LogP contribution in [0, 0.1) is 0 Å². The highest BCUT2D eigenvalue weighted by Crippen LogP contribution is 2.24. The van der Waals surface area contributed by atoms with E-state index in [1.54, 1.807) is 62.9 Å². The molecule has 0 aromatic carbocycles. The maximum Gasteiger partial charge on any atom is 0.408 e. The highest BCUT2D eigenvalue weighted by atomic mass is 32.1. The Labute approximate surface area is 229 Å². The Balaban J connectivity index is 1.52. The Morgan fingerprint density at radius 3 is 2.69 bits per heavy atom. The van der Waals surface area contributed by atoms with Crippen LogP contribution in [0.15, 0.2) is 34.7 Å². The molecule has 0 aliphatic carbocycles. The van der Waals surface area contributed by atoms with E-state index in [1.165, 1.54) is 17.5 Å². The van der Waals surface area contributed by atoms with Gasteiger partial charge >= 0.3 is 12.1 Å². The largest absolute Gasteiger partial charge is 0.462 e. The minimum atomic E-state index is -0.769. The predicted molar refractivity (Wildman–Crippen MR) is 147 cm³/mol. The lowest BCUT2D eigenvalue weighted by molar-refractivity contribution is -0.123. The summed E-state index contributed by atoms with van der Waals surface area (Å²) in [6.07, 6.45) is 3.07. The van der Waals surface area contributed by atoms with E-state index < -0.39 is 29.1 Å². The molecule has 1 saturated heterocycles. The van der Waals surface area contributed by atoms with Crippen LogP contribution >= 0.6 is 11.3 Å². The third kappa shape index (κ3) is 6.53. The van der Waals surface area contributed by atoms with E-state index in [2.05, 4.69) is 15.6 Å². The van der Waals surface area contributed by atoms with Gasteiger partial charge in [0.05, 0.1) is 12.0 Å². The number of fused-ring (bicyclic) bond motifs is 1. The summed E-state index contributed by atoms with van der Waals surface area (Å²) in [5.41, 5.74) is -0.854. The van der Waals surface area contributed by atoms with Gasteiger partial charge in [0, 0.05) is 36.9 Å². The molecule has 2 N–H and O–H groups in total. The summed E-state index contributed by atoms with van der Waals surface area (Å²) in [6, 6.07) is 2.44. The number of carbonyl (C=O) groups is 3. The van der Waals surface area contributed by atoms with Crippen LogP contribution in [0.4, 0.5) is 10.6 Å². The van der Waals surface area contributed by atoms with Crippen LogP contribution in [0.5, 0.6) is 0 Å². The fraction of sp³-hybridized carbons (Fsp3) is 0.462. The number of hydrogen-bond donors (Lipinski definition) is 2. The first kappa shape index (κ1) is 28.0. The molecule has 208 valence electrons. The second-order valence-electron chi connectivity index (χ2n) is 10.1. The van der Waals surface area contributed by atoms with E-state index in [4.69, 9.17) is 14.5 Å². The zero-order valence-corrected chi connectivity index (χ0v) is 23.3. The van der Waals surface area contributed by atoms with E-state index >= 15 is 0 Å². The van der Waals surface area contributed by atoms with E-state index in [0.717, 1.165) is 0 Å². The maximum atomic E-state index is 13.1. The summed E-state index contributed by atoms with van der Waals surface area (Å²) in [5, 5.41) is 8.12. The van der Waals surface area contributed by atoms with Gasteiger partial charge in [-0.15, -0.1) is 11.3 Å². The molecule has 0 spiro atoms. The molecule has 1 aliphatic heterocycles. The van der Waals surface area contributed by atoms with Crippen molar-refractivity contribution in [1.29, 1.82) is 0 Å². The van der Waals surface area contributed by atoms with Crippen LogP contribution < -0.4 is 21.0 Å². The molecule has 12 nitrogen and oxygen atoms in total. The number of esters is 1. The van der Waals surface area contributed by atoms with Crippen LogP contribution in [0.3, 0.4) is 0 Å². The smallest absolute Gasteiger partial charge is 0.408 e. The lowest BCUT2D eigenvalue weighted by Gasteiger charge is -2.23. The Morgan fingerprint density at radius 1 is 1.26 bits per heavy atom. The van der Waals surface area contributed by atoms with Gasteiger partial charge in [0.1, 0.15) is 23.0 Å². The molecule has 13 heteroatoms. The Bertz CT molecular complexity index is 1430. The first-order valence-corrected chi connectivity index (χ1v) is 13.5. The van der Waals surface area contributed by atoms with Gasteiger partial charge in [0.25, 0.3) is 0 Å². The first-order chi connectivity index (χ1) is 18.5. The normalized spacial score (nSPS) is 16.1. The Morgan fingerprint density at radius 2 is 2.03 bits per heavy atom. The molecule has 0 bridgehead atoms. The second-order valence-corrected chi connectivity index (χ2v) is 11.0. The second kappa shape index (κ2) is 11.4. The number of amides is 2. The van der Waals surface area contributed by atoms with E-state index in [0.29, 0.717) is 36.1 Å². The highest BCUT2D eigenvalue weighted by Gasteiger charge is 2.28. The molecule has 2 atom stereocenters. The molecule has 0 radical (unpaired) electrons. The number of anilines is 1. The minimum Gasteiger partial charge on any atom is -0.462 e. The van der Waals surface area contributed by atoms with E-state index in [9.17, 15) is 19.2 Å². The molecular formula is C26H32N6O6S. The van der Waals surface area contributed by atoms with Crippen LogP contribution in [0.25, 0.3) is 16.2 Å². The summed E-state index contributed by atoms with van der Waals surface area (Å²) in [4.78, 5) is 61.3. The number of nitrogens with zero attached hydrogens (tertiary/aromatic N) is 4. The van der Waals surface area contributed by atoms with Crippen molar-refractivity contribution in [3.8, 4) is 5.13 Å². The van der Waals surface area contributed by atoms with E-state index in [1.807, 2.05) is 4.90 Å². The number of aromatic nitrogens is 3. The SMILES string of the molecule is CCOC(=O)c1cn(-c2nccs2)c2nc(N3CCC(NC(=O)[C@H](C)NC(=O)OC(C)(C)C)C3)ccc2c1=O. The average molecular weight is 557 g/mol. The van der Waals surface area contributed by atoms with Gasteiger partial charge < -0.3 is 25.0 Å². The number of alkyl carbamates (subject to hydrolysis) is 1. The zero-order chi connectivity index (χ0) is 28.3. The van der Waals surface area contributed by atoms with Gasteiger partial charge in [0.2, 0.25) is 11.3 Å². The average Bonchev–Trinajstić information content (AvgIpc) is 3.55. The summed E-state index contributed by atoms with van der Waals surface area (Å²) in [6.45, 7) is 9.79. The molecule has 1 unspecified atom stereocenters. The lowest BCUT2D eigenvalue weighted by atomic mass is 10.2. The number of thiazole rings is 1. The fourth-order valence-electron chi connectivity index (χ4n) is 4.17. The molecular weight excluding hydrogens is 524 g/mol. The molecule has 3 aromatic heterocycles. The number of hydrogen-bond acceptors (Lipinski definition) is 10. The number of rotatable bonds is 7. The molecule has 4 heterocycles. The molecule has 1 fully saturated rings. The number of ether oxygens (including phenoxy) is 2. The number of nitrogens with one attached hydrogen (secondary N) is 2. The molecule has 0 saturated carbocycles. The standard InChI is InChI=1S/C26H32N6O6S/c1-6-37-23(35)18-14-32(24-27-10-12-39-24)21-17(20(18)33)7-8-19(30-21)31-11-9-16(13-31)29-22(34)15(2)28-25(36)38-26(3,4)5/h7-8,10,12,14-16H,6,9,11,13H2,1-5H3,(H,28,36)(H,29,34)/t15-,16?/m0/s1. The van der Waals surface area contributed by atoms with Crippen LogP contribution in [0.1, 0.15) is 51.4 Å². The van der Waals surface area contributed by atoms with Gasteiger partial charge in [-0.1, -0.05) is 0 Å². The summed E-state index contributed by atoms with van der Waals surface area (Å²) < 4.78 is 11.9. The van der Waals surface area contributed by atoms with Crippen LogP contribution in [0.2, 0.25) is 0 Å². The van der Waals surface area contributed by atoms with Gasteiger partial charge in [-0.05, 0) is 53.2 Å². The van der Waals surface area contributed by atoms with Gasteiger partial charge in [-0.2, -0.15) is 0 Å². The lowest BCUT2D eigenvalue weighted by Crippen LogP contribution is -2.49. The zero-order valence-electron chi connectivity index (χ0n) is 22.5. The first-order valence-electron chi connectivity index (χ1n) is 12.6. The Kier molecular flexibility index (Phi) is 8.19. The molecule has 4 rings (SSSR count). The van der Waals surface area contributed by atoms with Crippen molar-refractivity contribution in [1.82, 2.24) is 25.2 Å². The molecule has 3 aromatic rings. The summed E-state index contributed by atoms with van der Waals surface area (Å²) in [7, 11) is 0. The topological polar surface area (TPSA) is 145 Å². The third-order valence-electron chi connectivity index (χ3n) is 5.94. The van der Waals surface area contributed by atoms with Crippen molar-refractivity contribution in [2.75, 3.05) is 24.6 Å². The maximum absolute atomic E-state index is 13.1. The van der Waals surface area contributed by atoms with Crippen molar-refractivity contribution in [3.05, 3.63) is 45.7 Å². The van der Waals surface area contributed by atoms with Gasteiger partial charge in [0.15, 0.2) is 10.8 Å². The van der Waals surface area contributed by atoms with Crippen LogP contribution in [-0.4, -0.2) is 69.9 Å². The van der Waals surface area contributed by atoms with Crippen molar-refractivity contribution in [2.24, 2.45) is 0 Å². The molecule has 1 aliphatic rings. The molecule has 2 amide bonds. The summed E-state index contributed by atoms with van der Waals surface area (Å²) >= 11 is 1.34. The van der Waals surface area contributed by atoms with Crippen molar-refractivity contribution in [2.45, 2.75) is 58.7 Å². The monoisotopic (exact) mass is 556 g/mol. The number of carbonyl (C=O) groups excluding carboxylic acids is 3. The fourth-order valence-corrected chi connectivity index (χ4v) is 4.78. The van der Waals surface area contributed by atoms with Gasteiger partial charge in [-0.25, -0.2) is 19.6 Å². The van der Waals surface area contributed by atoms with E-state index in [-0.39, 0.29) is 29.5 Å². The molecule has 39 heavy (non-hydrogen) atoms. The van der Waals surface area contributed by atoms with Gasteiger partial charge in [-0.3, -0.25) is 14.2 Å². The third-order valence-corrected chi connectivity index (χ3v) is 6.71. The van der Waals surface area contributed by atoms with Crippen molar-refractivity contribution < 1.29 is 23.9 Å². The number of pyridine rings is 2. The summed E-state index contributed by atoms with van der Waals surface area (Å²) in [5.74, 6) is -0.400. The minimum absolute atomic E-state index is 0.0906. The Hall–Kier alpha value is -4.00. The predicted octanol–water partition coefficient (Wildman–Crippen LogP) is 2.63. The van der Waals surface area contributed by atoms with Crippen molar-refractivity contribution >= 4 is 46.2 Å². The van der Waals surface area contributed by atoms with Crippen molar-refractivity contribution in [3.63, 3.8) is 0 Å².